The zero-order valence-electron chi connectivity index (χ0n) is 35.5. The first-order valence-electron chi connectivity index (χ1n) is 20.0. The molecule has 0 radical (unpaired) electrons. The highest BCUT2D eigenvalue weighted by atomic mass is 32.1. The normalized spacial score (nSPS) is 36.9. The molecule has 0 aliphatic carbocycles. The first-order valence-corrected chi connectivity index (χ1v) is 20.8. The average Bonchev–Trinajstić information content (AvgIpc) is 3.90. The fraction of sp³-hybridized carbons (Fsp3) is 0.725. The van der Waals surface area contributed by atoms with Crippen LogP contribution in [0.1, 0.15) is 74.7 Å². The molecule has 3 aliphatic rings. The zero-order valence-corrected chi connectivity index (χ0v) is 36.3. The first-order chi connectivity index (χ1) is 27.3. The van der Waals surface area contributed by atoms with E-state index in [4.69, 9.17) is 29.4 Å². The minimum Gasteiger partial charge on any atom is -0.458 e. The summed E-state index contributed by atoms with van der Waals surface area (Å²) >= 11 is 1.30. The van der Waals surface area contributed by atoms with Crippen molar-refractivity contribution in [3.8, 4) is 10.6 Å². The van der Waals surface area contributed by atoms with Gasteiger partial charge in [0.25, 0.3) is 0 Å². The van der Waals surface area contributed by atoms with E-state index >= 15 is 0 Å². The number of cyclic esters (lactones) is 1. The summed E-state index contributed by atoms with van der Waals surface area (Å²) in [6.45, 7) is 14.2. The van der Waals surface area contributed by atoms with E-state index in [2.05, 4.69) is 15.3 Å². The molecule has 17 nitrogen and oxygen atoms in total. The molecule has 2 aromatic rings. The predicted molar refractivity (Wildman–Crippen MR) is 214 cm³/mol. The second kappa shape index (κ2) is 18.2. The molecule has 18 heteroatoms. The number of methoxy groups -OCH3 is 1. The van der Waals surface area contributed by atoms with Crippen LogP contribution in [0.3, 0.4) is 0 Å². The number of aromatic nitrogens is 4. The molecule has 0 spiro atoms. The largest absolute Gasteiger partial charge is 0.458 e. The molecule has 13 atom stereocenters. The minimum atomic E-state index is -1.45. The van der Waals surface area contributed by atoms with E-state index in [-0.39, 0.29) is 37.3 Å². The summed E-state index contributed by atoms with van der Waals surface area (Å²) in [7, 11) is 5.21. The van der Waals surface area contributed by atoms with Crippen LogP contribution in [0, 0.1) is 23.7 Å². The molecule has 3 aliphatic heterocycles. The molecule has 2 unspecified atom stereocenters. The van der Waals surface area contributed by atoms with Gasteiger partial charge in [0.15, 0.2) is 22.8 Å². The number of anilines is 1. The molecule has 0 bridgehead atoms. The number of likely N-dealkylation sites (N-methyl/N-ethyl adjacent to an activating group) is 1. The van der Waals surface area contributed by atoms with Crippen molar-refractivity contribution in [3.63, 3.8) is 0 Å². The van der Waals surface area contributed by atoms with Crippen molar-refractivity contribution in [1.82, 2.24) is 29.8 Å². The summed E-state index contributed by atoms with van der Waals surface area (Å²) < 4.78 is 32.7. The maximum atomic E-state index is 14.7. The van der Waals surface area contributed by atoms with Gasteiger partial charge in [-0.15, -0.1) is 5.10 Å². The fourth-order valence-electron chi connectivity index (χ4n) is 8.94. The van der Waals surface area contributed by atoms with Gasteiger partial charge in [0, 0.05) is 43.6 Å². The van der Waals surface area contributed by atoms with Gasteiger partial charge in [-0.05, 0) is 61.1 Å². The van der Waals surface area contributed by atoms with E-state index in [1.807, 2.05) is 32.0 Å². The van der Waals surface area contributed by atoms with E-state index in [1.165, 1.54) is 30.3 Å². The second-order valence-corrected chi connectivity index (χ2v) is 17.8. The molecule has 58 heavy (non-hydrogen) atoms. The molecule has 2 aromatic heterocycles. The Hall–Kier alpha value is -3.81. The van der Waals surface area contributed by atoms with E-state index in [0.29, 0.717) is 23.8 Å². The van der Waals surface area contributed by atoms with Crippen LogP contribution in [0.25, 0.3) is 10.6 Å². The third kappa shape index (κ3) is 9.16. The molecule has 5 heterocycles. The van der Waals surface area contributed by atoms with Gasteiger partial charge in [0.2, 0.25) is 0 Å². The number of hydrogen-bond acceptors (Lipinski definition) is 16. The van der Waals surface area contributed by atoms with Crippen LogP contribution in [-0.4, -0.2) is 140 Å². The number of nitrogens with two attached hydrogens (primary N) is 1. The topological polar surface area (TPSA) is 211 Å². The molecular formula is C40H61N7O10S. The molecule has 322 valence electrons. The standard InChI is InChI=1S/C40H61N7O10S/c1-12-29-40(8)33(47(38(52)57-40)16-14-13-15-46-20-26(43-44-46)28-19-42-37(41)58-28)23(4)30(48)21(2)18-39(7,53-11)34(24(5)31(49)25(6)35(51)55-29)56-36-32(50)27(45(9)10)17-22(3)54-36/h13-14,19-25,27,29,32-34,36,50H,12,15-18H2,1-11H3,(H2,41,42)/b14-13+/t21-,22-,23+,24+,25-,27?,29-,32?,33-,34-,36+,39-,40-/m1/s1. The van der Waals surface area contributed by atoms with E-state index in [9.17, 15) is 24.3 Å². The number of aliphatic hydroxyl groups is 1. The zero-order chi connectivity index (χ0) is 42.9. The van der Waals surface area contributed by atoms with Crippen LogP contribution in [0.5, 0.6) is 0 Å². The lowest BCUT2D eigenvalue weighted by molar-refractivity contribution is -0.295. The lowest BCUT2D eigenvalue weighted by atomic mass is 9.73. The number of hydrogen-bond donors (Lipinski definition) is 2. The number of ether oxygens (including phenoxy) is 5. The van der Waals surface area contributed by atoms with Crippen molar-refractivity contribution < 1.29 is 48.0 Å². The Morgan fingerprint density at radius 3 is 2.38 bits per heavy atom. The Balaban J connectivity index is 1.46. The number of amides is 1. The monoisotopic (exact) mass is 831 g/mol. The quantitative estimate of drug-likeness (QED) is 0.198. The molecule has 0 saturated carbocycles. The Bertz CT molecular complexity index is 1820. The molecule has 3 N–H and O–H groups in total. The Morgan fingerprint density at radius 1 is 1.07 bits per heavy atom. The Labute approximate surface area is 344 Å². The van der Waals surface area contributed by atoms with Crippen molar-refractivity contribution in [2.24, 2.45) is 23.7 Å². The van der Waals surface area contributed by atoms with Crippen molar-refractivity contribution in [2.45, 2.75) is 135 Å². The summed E-state index contributed by atoms with van der Waals surface area (Å²) in [6.07, 6.45) is 2.71. The van der Waals surface area contributed by atoms with Crippen LogP contribution in [-0.2, 0) is 44.6 Å². The van der Waals surface area contributed by atoms with E-state index < -0.39 is 83.4 Å². The highest BCUT2D eigenvalue weighted by Crippen LogP contribution is 2.43. The van der Waals surface area contributed by atoms with Gasteiger partial charge in [-0.2, -0.15) is 0 Å². The molecule has 3 saturated heterocycles. The van der Waals surface area contributed by atoms with Crippen molar-refractivity contribution in [2.75, 3.05) is 33.5 Å². The van der Waals surface area contributed by atoms with Gasteiger partial charge in [-0.3, -0.25) is 19.3 Å². The van der Waals surface area contributed by atoms with Gasteiger partial charge in [-0.1, -0.05) is 56.4 Å². The summed E-state index contributed by atoms with van der Waals surface area (Å²) in [5.41, 5.74) is 3.65. The van der Waals surface area contributed by atoms with Crippen LogP contribution in [0.15, 0.2) is 24.5 Å². The first kappa shape index (κ1) is 45.3. The van der Waals surface area contributed by atoms with Crippen LogP contribution in [0.2, 0.25) is 0 Å². The molecule has 0 aromatic carbocycles. The molecule has 1 amide bonds. The van der Waals surface area contributed by atoms with Crippen LogP contribution in [0.4, 0.5) is 9.93 Å². The highest BCUT2D eigenvalue weighted by Gasteiger charge is 2.60. The lowest BCUT2D eigenvalue weighted by Gasteiger charge is -2.47. The van der Waals surface area contributed by atoms with E-state index in [0.717, 1.165) is 4.88 Å². The fourth-order valence-corrected chi connectivity index (χ4v) is 9.58. The van der Waals surface area contributed by atoms with Crippen molar-refractivity contribution in [1.29, 1.82) is 0 Å². The van der Waals surface area contributed by atoms with Gasteiger partial charge in [0.05, 0.1) is 41.5 Å². The smallest absolute Gasteiger partial charge is 0.411 e. The third-order valence-corrected chi connectivity index (χ3v) is 13.1. The number of thiazole rings is 1. The maximum absolute atomic E-state index is 14.7. The second-order valence-electron chi connectivity index (χ2n) is 16.7. The number of allylic oxidation sites excluding steroid dienone is 1. The maximum Gasteiger partial charge on any atom is 0.411 e. The summed E-state index contributed by atoms with van der Waals surface area (Å²) in [4.78, 5) is 64.9. The number of nitrogen functional groups attached to an aromatic ring is 1. The Morgan fingerprint density at radius 2 is 1.76 bits per heavy atom. The molecule has 5 rings (SSSR count). The minimum absolute atomic E-state index is 0.0799. The predicted octanol–water partition coefficient (Wildman–Crippen LogP) is 3.74. The van der Waals surface area contributed by atoms with Gasteiger partial charge in [-0.25, -0.2) is 14.5 Å². The number of aliphatic hydroxyl groups excluding tert-OH is 1. The number of esters is 1. The number of fused-ring (bicyclic) bond motifs is 1. The average molecular weight is 832 g/mol. The van der Waals surface area contributed by atoms with E-state index in [1.54, 1.807) is 64.7 Å². The van der Waals surface area contributed by atoms with Gasteiger partial charge in [0.1, 0.15) is 29.6 Å². The SMILES string of the molecule is CC[C@H]1OC(=O)[C@H](C)C(=O)[C@H](C)[C@@H](O[C@@H]2O[C@H](C)CC(N(C)C)C2O)[C@](C)(OC)C[C@@H](C)C(=O)[C@H](C)[C@H]2N(C/C=C/Cn3cc(-c4cnc(N)s4)nn3)C(=O)O[C@]12C. The number of rotatable bonds is 10. The number of Topliss-reactive ketones (excluding diaryl/α,β-unsaturated/α-hetero) is 2. The number of nitrogens with zero attached hydrogens (tertiary/aromatic N) is 6. The number of carbonyl (C=O) groups excluding carboxylic acids is 4. The number of ketones is 2. The third-order valence-electron chi connectivity index (χ3n) is 12.2. The lowest BCUT2D eigenvalue weighted by Crippen LogP contribution is -2.60. The van der Waals surface area contributed by atoms with Gasteiger partial charge < -0.3 is 39.4 Å². The Kier molecular flexibility index (Phi) is 14.2. The number of carbonyl (C=O) groups is 4. The molecule has 3 fully saturated rings. The van der Waals surface area contributed by atoms with Crippen LogP contribution < -0.4 is 5.73 Å². The summed E-state index contributed by atoms with van der Waals surface area (Å²) in [5, 5.41) is 20.2. The van der Waals surface area contributed by atoms with Crippen molar-refractivity contribution in [3.05, 3.63) is 24.5 Å². The molecular weight excluding hydrogens is 771 g/mol. The van der Waals surface area contributed by atoms with Crippen LogP contribution >= 0.6 is 11.3 Å². The highest BCUT2D eigenvalue weighted by molar-refractivity contribution is 7.18. The summed E-state index contributed by atoms with van der Waals surface area (Å²) in [6, 6.07) is -1.15. The van der Waals surface area contributed by atoms with Crippen molar-refractivity contribution >= 4 is 40.1 Å². The van der Waals surface area contributed by atoms with Gasteiger partial charge >= 0.3 is 12.1 Å². The summed E-state index contributed by atoms with van der Waals surface area (Å²) in [5.74, 6) is -5.16.